The molecule has 26 heavy (non-hydrogen) atoms. The van der Waals surface area contributed by atoms with Crippen molar-refractivity contribution in [3.05, 3.63) is 36.4 Å². The second-order valence-corrected chi connectivity index (χ2v) is 4.78. The summed E-state index contributed by atoms with van der Waals surface area (Å²) in [4.78, 5) is 44.2. The molecule has 0 radical (unpaired) electrons. The van der Waals surface area contributed by atoms with Gasteiger partial charge in [-0.05, 0) is 24.3 Å². The first kappa shape index (κ1) is 20.8. The Morgan fingerprint density at radius 3 is 1.92 bits per heavy atom. The molecule has 140 valence electrons. The maximum Gasteiger partial charge on any atom is 0.490 e. The summed E-state index contributed by atoms with van der Waals surface area (Å²) < 4.78 is 31.7. The number of nitrogens with two attached hydrogens (primary N) is 1. The lowest BCUT2D eigenvalue weighted by Crippen LogP contribution is -2.29. The van der Waals surface area contributed by atoms with Gasteiger partial charge < -0.3 is 16.2 Å². The van der Waals surface area contributed by atoms with Crippen LogP contribution in [0.5, 0.6) is 0 Å². The average Bonchev–Trinajstić information content (AvgIpc) is 2.87. The molecule has 2 rings (SSSR count). The average molecular weight is 373 g/mol. The summed E-state index contributed by atoms with van der Waals surface area (Å²) in [6.45, 7) is 0.284. The van der Waals surface area contributed by atoms with Gasteiger partial charge in [0.05, 0.1) is 5.69 Å². The van der Waals surface area contributed by atoms with Gasteiger partial charge in [0.25, 0.3) is 11.8 Å². The van der Waals surface area contributed by atoms with Crippen molar-refractivity contribution in [1.82, 2.24) is 0 Å². The number of hydrogen-bond donors (Lipinski definition) is 3. The lowest BCUT2D eigenvalue weighted by atomic mass is 10.2. The Morgan fingerprint density at radius 2 is 1.54 bits per heavy atom. The molecule has 1 heterocycles. The third-order valence-electron chi connectivity index (χ3n) is 2.83. The van der Waals surface area contributed by atoms with Crippen LogP contribution >= 0.6 is 0 Å². The molecule has 0 bridgehead atoms. The van der Waals surface area contributed by atoms with Gasteiger partial charge in [0.15, 0.2) is 0 Å². The number of alkyl halides is 3. The fourth-order valence-electron chi connectivity index (χ4n) is 1.70. The number of anilines is 2. The normalized spacial score (nSPS) is 13.3. The van der Waals surface area contributed by atoms with E-state index in [0.717, 1.165) is 4.90 Å². The number of hydrogen-bond acceptors (Lipinski definition) is 5. The molecule has 1 aliphatic heterocycles. The maximum absolute atomic E-state index is 11.5. The van der Waals surface area contributed by atoms with Crippen LogP contribution in [0.15, 0.2) is 36.4 Å². The summed E-state index contributed by atoms with van der Waals surface area (Å²) in [6, 6.07) is 6.45. The third kappa shape index (κ3) is 6.02. The van der Waals surface area contributed by atoms with Crippen LogP contribution in [-0.4, -0.2) is 41.5 Å². The Kier molecular flexibility index (Phi) is 7.02. The fourth-order valence-corrected chi connectivity index (χ4v) is 1.70. The van der Waals surface area contributed by atoms with Crippen molar-refractivity contribution >= 4 is 35.1 Å². The van der Waals surface area contributed by atoms with Gasteiger partial charge in [0.1, 0.15) is 0 Å². The standard InChI is InChI=1S/C13H13N3O3.C2HF3O2/c14-8-7-11(17)15-9-1-3-10(4-2-9)16-12(18)5-6-13(16)19;3-2(4,5)1(6)7/h1-6H,7-8,14H2,(H,15,17);(H,6,7). The van der Waals surface area contributed by atoms with Crippen molar-refractivity contribution in [2.75, 3.05) is 16.8 Å². The quantitative estimate of drug-likeness (QED) is 0.676. The summed E-state index contributed by atoms with van der Waals surface area (Å²) in [5, 5.41) is 9.79. The van der Waals surface area contributed by atoms with Crippen LogP contribution in [0.4, 0.5) is 24.5 Å². The van der Waals surface area contributed by atoms with Gasteiger partial charge in [-0.3, -0.25) is 14.4 Å². The summed E-state index contributed by atoms with van der Waals surface area (Å²) >= 11 is 0. The molecule has 1 aromatic rings. The van der Waals surface area contributed by atoms with Crippen molar-refractivity contribution in [2.45, 2.75) is 12.6 Å². The molecule has 1 aliphatic rings. The number of rotatable bonds is 4. The van der Waals surface area contributed by atoms with E-state index < -0.39 is 12.1 Å². The zero-order valence-electron chi connectivity index (χ0n) is 13.1. The summed E-state index contributed by atoms with van der Waals surface area (Å²) in [6.07, 6.45) is -2.40. The first-order valence-electron chi connectivity index (χ1n) is 7.02. The Morgan fingerprint density at radius 1 is 1.08 bits per heavy atom. The number of amides is 3. The minimum Gasteiger partial charge on any atom is -0.475 e. The van der Waals surface area contributed by atoms with E-state index >= 15 is 0 Å². The lowest BCUT2D eigenvalue weighted by Gasteiger charge is -2.14. The molecule has 0 unspecified atom stereocenters. The summed E-state index contributed by atoms with van der Waals surface area (Å²) in [5.74, 6) is -3.67. The van der Waals surface area contributed by atoms with Gasteiger partial charge in [0.2, 0.25) is 5.91 Å². The maximum atomic E-state index is 11.5. The van der Waals surface area contributed by atoms with E-state index in [2.05, 4.69) is 5.32 Å². The number of benzene rings is 1. The smallest absolute Gasteiger partial charge is 0.475 e. The van der Waals surface area contributed by atoms with E-state index in [4.69, 9.17) is 15.6 Å². The molecule has 0 aromatic heterocycles. The number of carbonyl (C=O) groups is 4. The monoisotopic (exact) mass is 373 g/mol. The molecule has 0 fully saturated rings. The van der Waals surface area contributed by atoms with Gasteiger partial charge in [-0.15, -0.1) is 0 Å². The number of aliphatic carboxylic acids is 1. The first-order chi connectivity index (χ1) is 12.1. The predicted octanol–water partition coefficient (Wildman–Crippen LogP) is 1.04. The number of imide groups is 1. The molecule has 4 N–H and O–H groups in total. The van der Waals surface area contributed by atoms with Crippen molar-refractivity contribution in [3.8, 4) is 0 Å². The van der Waals surface area contributed by atoms with Gasteiger partial charge in [-0.25, -0.2) is 9.69 Å². The van der Waals surface area contributed by atoms with Crippen LogP contribution in [-0.2, 0) is 19.2 Å². The van der Waals surface area contributed by atoms with E-state index in [1.165, 1.54) is 12.2 Å². The highest BCUT2D eigenvalue weighted by molar-refractivity contribution is 6.28. The van der Waals surface area contributed by atoms with Crippen molar-refractivity contribution in [2.24, 2.45) is 5.73 Å². The fraction of sp³-hybridized carbons (Fsp3) is 0.200. The van der Waals surface area contributed by atoms with Gasteiger partial charge in [-0.1, -0.05) is 0 Å². The second-order valence-electron chi connectivity index (χ2n) is 4.78. The van der Waals surface area contributed by atoms with Gasteiger partial charge in [0, 0.05) is 30.8 Å². The molecule has 3 amide bonds. The molecule has 1 aromatic carbocycles. The van der Waals surface area contributed by atoms with Crippen LogP contribution in [0.3, 0.4) is 0 Å². The molecule has 0 aliphatic carbocycles. The largest absolute Gasteiger partial charge is 0.490 e. The minimum atomic E-state index is -5.08. The van der Waals surface area contributed by atoms with Gasteiger partial charge in [-0.2, -0.15) is 13.2 Å². The van der Waals surface area contributed by atoms with Crippen LogP contribution in [0.1, 0.15) is 6.42 Å². The van der Waals surface area contributed by atoms with Crippen molar-refractivity contribution in [3.63, 3.8) is 0 Å². The zero-order valence-corrected chi connectivity index (χ0v) is 13.1. The lowest BCUT2D eigenvalue weighted by molar-refractivity contribution is -0.192. The minimum absolute atomic E-state index is 0.176. The second kappa shape index (κ2) is 8.76. The Hall–Kier alpha value is -3.21. The van der Waals surface area contributed by atoms with Gasteiger partial charge >= 0.3 is 12.1 Å². The SMILES string of the molecule is NCCC(=O)Nc1ccc(N2C(=O)C=CC2=O)cc1.O=C(O)C(F)(F)F. The number of halogens is 3. The Bertz CT molecular complexity index is 711. The van der Waals surface area contributed by atoms with E-state index in [1.54, 1.807) is 24.3 Å². The molecular formula is C15H14F3N3O5. The van der Waals surface area contributed by atoms with Crippen LogP contribution in [0.25, 0.3) is 0 Å². The molecule has 8 nitrogen and oxygen atoms in total. The number of nitrogens with zero attached hydrogens (tertiary/aromatic N) is 1. The Labute approximate surface area is 145 Å². The molecule has 0 saturated heterocycles. The number of carbonyl (C=O) groups excluding carboxylic acids is 3. The highest BCUT2D eigenvalue weighted by Gasteiger charge is 2.38. The van der Waals surface area contributed by atoms with E-state index in [0.29, 0.717) is 11.4 Å². The van der Waals surface area contributed by atoms with E-state index in [9.17, 15) is 27.6 Å². The number of carboxylic acid groups (broad SMARTS) is 1. The Balaban J connectivity index is 0.000000412. The topological polar surface area (TPSA) is 130 Å². The van der Waals surface area contributed by atoms with Crippen molar-refractivity contribution in [1.29, 1.82) is 0 Å². The van der Waals surface area contributed by atoms with Crippen molar-refractivity contribution < 1.29 is 37.5 Å². The highest BCUT2D eigenvalue weighted by atomic mass is 19.4. The summed E-state index contributed by atoms with van der Waals surface area (Å²) in [5.41, 5.74) is 6.33. The first-order valence-corrected chi connectivity index (χ1v) is 7.02. The molecule has 0 atom stereocenters. The van der Waals surface area contributed by atoms with Crippen LogP contribution < -0.4 is 16.0 Å². The molecular weight excluding hydrogens is 359 g/mol. The summed E-state index contributed by atoms with van der Waals surface area (Å²) in [7, 11) is 0. The van der Waals surface area contributed by atoms with E-state index in [-0.39, 0.29) is 30.7 Å². The highest BCUT2D eigenvalue weighted by Crippen LogP contribution is 2.21. The molecule has 11 heteroatoms. The van der Waals surface area contributed by atoms with Crippen LogP contribution in [0, 0.1) is 0 Å². The molecule has 0 spiro atoms. The van der Waals surface area contributed by atoms with E-state index in [1.807, 2.05) is 0 Å². The van der Waals surface area contributed by atoms with Crippen LogP contribution in [0.2, 0.25) is 0 Å². The third-order valence-corrected chi connectivity index (χ3v) is 2.83. The number of nitrogens with one attached hydrogen (secondary N) is 1. The number of carboxylic acids is 1. The predicted molar refractivity (Wildman–Crippen MR) is 84.1 cm³/mol. The molecule has 0 saturated carbocycles. The zero-order chi connectivity index (χ0) is 19.9.